The molecule has 5 atom stereocenters. The van der Waals surface area contributed by atoms with Crippen LogP contribution in [0.1, 0.15) is 143 Å². The monoisotopic (exact) mass is 646 g/mol. The maximum Gasteiger partial charge on any atom is 0.334 e. The van der Waals surface area contributed by atoms with Crippen LogP contribution in [-0.2, 0) is 33.2 Å². The molecule has 8 nitrogen and oxygen atoms in total. The van der Waals surface area contributed by atoms with Crippen LogP contribution in [0, 0.1) is 11.3 Å². The Morgan fingerprint density at radius 1 is 0.696 bits per heavy atom. The molecule has 4 aliphatic carbocycles. The van der Waals surface area contributed by atoms with Crippen LogP contribution in [-0.4, -0.2) is 78.7 Å². The highest BCUT2D eigenvalue weighted by Gasteiger charge is 2.67. The summed E-state index contributed by atoms with van der Waals surface area (Å²) >= 11 is 0. The molecule has 4 saturated carbocycles. The van der Waals surface area contributed by atoms with Gasteiger partial charge in [0, 0.05) is 31.1 Å². The molecule has 5 unspecified atom stereocenters. The predicted octanol–water partition coefficient (Wildman–Crippen LogP) is 7.90. The van der Waals surface area contributed by atoms with Crippen LogP contribution in [0.3, 0.4) is 0 Å². The first-order chi connectivity index (χ1) is 22.1. The van der Waals surface area contributed by atoms with Crippen LogP contribution in [0.2, 0.25) is 0 Å². The maximum absolute atomic E-state index is 12.7. The second kappa shape index (κ2) is 13.6. The van der Waals surface area contributed by atoms with E-state index in [4.69, 9.17) is 28.4 Å². The molecule has 0 spiro atoms. The van der Waals surface area contributed by atoms with Crippen molar-refractivity contribution in [2.24, 2.45) is 11.3 Å². The van der Waals surface area contributed by atoms with Crippen molar-refractivity contribution in [1.29, 1.82) is 0 Å². The molecule has 0 radical (unpaired) electrons. The molecule has 0 aromatic rings. The van der Waals surface area contributed by atoms with E-state index >= 15 is 0 Å². The number of carbonyl (C=O) groups is 1. The van der Waals surface area contributed by atoms with Crippen LogP contribution in [0.5, 0.6) is 0 Å². The van der Waals surface area contributed by atoms with Gasteiger partial charge < -0.3 is 33.5 Å². The van der Waals surface area contributed by atoms with E-state index in [0.29, 0.717) is 37.1 Å². The van der Waals surface area contributed by atoms with Gasteiger partial charge in [-0.05, 0) is 64.2 Å². The molecule has 7 aliphatic rings. The van der Waals surface area contributed by atoms with Crippen molar-refractivity contribution in [2.75, 3.05) is 39.6 Å². The number of unbranched alkanes of at least 4 members (excludes halogenated alkanes) is 3. The third-order valence-corrected chi connectivity index (χ3v) is 12.7. The van der Waals surface area contributed by atoms with E-state index in [0.717, 1.165) is 135 Å². The van der Waals surface area contributed by atoms with E-state index in [1.807, 2.05) is 0 Å². The Morgan fingerprint density at radius 3 is 1.50 bits per heavy atom. The summed E-state index contributed by atoms with van der Waals surface area (Å²) in [6.07, 6.45) is 18.1. The first kappa shape index (κ1) is 34.7. The van der Waals surface area contributed by atoms with Crippen LogP contribution < -0.4 is 0 Å². The van der Waals surface area contributed by atoms with Crippen molar-refractivity contribution in [3.05, 3.63) is 11.3 Å². The molecular formula is C38H62O8. The zero-order valence-corrected chi connectivity index (χ0v) is 29.4. The zero-order valence-electron chi connectivity index (χ0n) is 29.4. The summed E-state index contributed by atoms with van der Waals surface area (Å²) in [6.45, 7) is 12.4. The standard InChI is InChI=1S/C38H62O8/c1-5-8-11-34(14-17-42-34)26-41-31(29(4)32(39)40)33-20-30-21-37(23-33,45-27-35(12-9-6-2)15-18-43-35)25-38(22-30,24-33)46-28-36(13-10-7-3)16-19-44-36/h30H,5-28H2,1-4H3,(H,39,40). The summed E-state index contributed by atoms with van der Waals surface area (Å²) in [5.41, 5.74) is -1.62. The van der Waals surface area contributed by atoms with E-state index in [2.05, 4.69) is 20.8 Å². The Hall–Kier alpha value is -1.19. The lowest BCUT2D eigenvalue weighted by Gasteiger charge is -2.66. The van der Waals surface area contributed by atoms with Gasteiger partial charge in [0.1, 0.15) is 18.0 Å². The molecule has 3 heterocycles. The van der Waals surface area contributed by atoms with Gasteiger partial charge in [-0.25, -0.2) is 4.79 Å². The van der Waals surface area contributed by atoms with Gasteiger partial charge in [0.25, 0.3) is 0 Å². The molecule has 8 heteroatoms. The second-order valence-corrected chi connectivity index (χ2v) is 16.4. The smallest absolute Gasteiger partial charge is 0.334 e. The van der Waals surface area contributed by atoms with Crippen LogP contribution in [0.25, 0.3) is 0 Å². The fraction of sp³-hybridized carbons (Fsp3) is 0.921. The Labute approximate surface area is 277 Å². The predicted molar refractivity (Wildman–Crippen MR) is 176 cm³/mol. The number of carboxylic acid groups (broad SMARTS) is 1. The van der Waals surface area contributed by atoms with Crippen LogP contribution in [0.15, 0.2) is 11.3 Å². The minimum absolute atomic E-state index is 0.191. The lowest BCUT2D eigenvalue weighted by atomic mass is 9.45. The Kier molecular flexibility index (Phi) is 10.3. The molecular weight excluding hydrogens is 584 g/mol. The lowest BCUT2D eigenvalue weighted by molar-refractivity contribution is -0.298. The first-order valence-electron chi connectivity index (χ1n) is 18.8. The normalized spacial score (nSPS) is 41.3. The van der Waals surface area contributed by atoms with Crippen LogP contribution in [0.4, 0.5) is 0 Å². The van der Waals surface area contributed by atoms with E-state index in [1.165, 1.54) is 0 Å². The molecule has 262 valence electrons. The maximum atomic E-state index is 12.7. The van der Waals surface area contributed by atoms with Crippen molar-refractivity contribution >= 4 is 5.97 Å². The van der Waals surface area contributed by atoms with Crippen molar-refractivity contribution in [3.8, 4) is 0 Å². The van der Waals surface area contributed by atoms with Crippen molar-refractivity contribution in [1.82, 2.24) is 0 Å². The third-order valence-electron chi connectivity index (χ3n) is 12.7. The highest BCUT2D eigenvalue weighted by Crippen LogP contribution is 2.68. The second-order valence-electron chi connectivity index (χ2n) is 16.4. The summed E-state index contributed by atoms with van der Waals surface area (Å²) in [5.74, 6) is 0.126. The fourth-order valence-electron chi connectivity index (χ4n) is 10.2. The van der Waals surface area contributed by atoms with Crippen LogP contribution >= 0.6 is 0 Å². The first-order valence-corrected chi connectivity index (χ1v) is 18.8. The number of rotatable bonds is 20. The molecule has 3 saturated heterocycles. The highest BCUT2D eigenvalue weighted by molar-refractivity contribution is 5.86. The summed E-state index contributed by atoms with van der Waals surface area (Å²) in [6, 6.07) is 0. The largest absolute Gasteiger partial charge is 0.494 e. The van der Waals surface area contributed by atoms with Crippen molar-refractivity contribution < 1.29 is 38.3 Å². The Morgan fingerprint density at radius 2 is 1.13 bits per heavy atom. The van der Waals surface area contributed by atoms with Gasteiger partial charge in [0.15, 0.2) is 0 Å². The third kappa shape index (κ3) is 6.81. The molecule has 3 aliphatic heterocycles. The Bertz CT molecular complexity index is 1060. The summed E-state index contributed by atoms with van der Waals surface area (Å²) in [5, 5.41) is 10.4. The Balaban J connectivity index is 1.30. The van der Waals surface area contributed by atoms with E-state index in [1.54, 1.807) is 6.92 Å². The number of carboxylic acids is 1. The van der Waals surface area contributed by atoms with Gasteiger partial charge in [-0.1, -0.05) is 59.3 Å². The molecule has 0 aromatic carbocycles. The molecule has 7 fully saturated rings. The van der Waals surface area contributed by atoms with Crippen molar-refractivity contribution in [3.63, 3.8) is 0 Å². The lowest BCUT2D eigenvalue weighted by Crippen LogP contribution is -2.67. The average Bonchev–Trinajstić information content (AvgIpc) is 2.95. The summed E-state index contributed by atoms with van der Waals surface area (Å²) in [4.78, 5) is 12.7. The van der Waals surface area contributed by atoms with Gasteiger partial charge in [-0.3, -0.25) is 0 Å². The van der Waals surface area contributed by atoms with E-state index < -0.39 is 22.6 Å². The average molecular weight is 647 g/mol. The van der Waals surface area contributed by atoms with Gasteiger partial charge in [-0.2, -0.15) is 0 Å². The van der Waals surface area contributed by atoms with Gasteiger partial charge in [0.2, 0.25) is 0 Å². The summed E-state index contributed by atoms with van der Waals surface area (Å²) < 4.78 is 39.8. The zero-order chi connectivity index (χ0) is 32.5. The minimum Gasteiger partial charge on any atom is -0.494 e. The molecule has 4 bridgehead atoms. The number of hydrogen-bond acceptors (Lipinski definition) is 7. The molecule has 0 amide bonds. The van der Waals surface area contributed by atoms with E-state index in [9.17, 15) is 9.90 Å². The molecule has 46 heavy (non-hydrogen) atoms. The van der Waals surface area contributed by atoms with Gasteiger partial charge >= 0.3 is 5.97 Å². The number of allylic oxidation sites excluding steroid dienone is 1. The molecule has 0 aromatic heterocycles. The quantitative estimate of drug-likeness (QED) is 0.105. The van der Waals surface area contributed by atoms with Crippen molar-refractivity contribution in [2.45, 2.75) is 171 Å². The highest BCUT2D eigenvalue weighted by atomic mass is 16.6. The molecule has 1 N–H and O–H groups in total. The molecule has 7 rings (SSSR count). The SMILES string of the molecule is CCCCC1(COC(=C(C)C(=O)O)C23CC4CC(OCC5(CCCC)CCO5)(CC(OCC5(CCCC)CCO5)(C4)C2)C3)CCO1. The number of hydrogen-bond donors (Lipinski definition) is 1. The topological polar surface area (TPSA) is 92.7 Å². The number of ether oxygens (including phenoxy) is 6. The fourth-order valence-corrected chi connectivity index (χ4v) is 10.2. The van der Waals surface area contributed by atoms with Gasteiger partial charge in [0.05, 0.1) is 61.0 Å². The number of aliphatic carboxylic acids is 1. The summed E-state index contributed by atoms with van der Waals surface area (Å²) in [7, 11) is 0. The van der Waals surface area contributed by atoms with Gasteiger partial charge in [-0.15, -0.1) is 0 Å². The minimum atomic E-state index is -0.907. The van der Waals surface area contributed by atoms with E-state index in [-0.39, 0.29) is 16.8 Å².